The fraction of sp³-hybridized carbons (Fsp3) is 0.529. The van der Waals surface area contributed by atoms with Gasteiger partial charge in [-0.15, -0.1) is 0 Å². The Kier molecular flexibility index (Phi) is 6.55. The molecule has 23 heavy (non-hydrogen) atoms. The summed E-state index contributed by atoms with van der Waals surface area (Å²) < 4.78 is 20.8. The molecule has 0 amide bonds. The highest BCUT2D eigenvalue weighted by molar-refractivity contribution is 5.89. The van der Waals surface area contributed by atoms with Crippen LogP contribution in [0.5, 0.6) is 0 Å². The van der Waals surface area contributed by atoms with Gasteiger partial charge in [0, 0.05) is 6.61 Å². The minimum absolute atomic E-state index is 0.0797. The number of carbonyl (C=O) groups is 2. The average Bonchev–Trinajstić information content (AvgIpc) is 3.10. The standard InChI is InChI=1S/C17H22O6/c1-12(22-11-15-4-3-9-21-15)16(18)23-10-13-5-7-14(8-6-13)17(19)20-2/h5-8,12,15H,3-4,9-11H2,1-2H3. The molecule has 1 aromatic carbocycles. The summed E-state index contributed by atoms with van der Waals surface area (Å²) >= 11 is 0. The summed E-state index contributed by atoms with van der Waals surface area (Å²) in [6.07, 6.45) is 1.45. The van der Waals surface area contributed by atoms with Crippen LogP contribution in [0.15, 0.2) is 24.3 Å². The monoisotopic (exact) mass is 322 g/mol. The Labute approximate surface area is 135 Å². The Morgan fingerprint density at radius 2 is 2.04 bits per heavy atom. The van der Waals surface area contributed by atoms with E-state index in [9.17, 15) is 9.59 Å². The Hall–Kier alpha value is -1.92. The molecule has 2 rings (SSSR count). The zero-order chi connectivity index (χ0) is 16.7. The molecule has 1 aliphatic rings. The lowest BCUT2D eigenvalue weighted by atomic mass is 10.1. The molecule has 6 heteroatoms. The molecule has 1 saturated heterocycles. The van der Waals surface area contributed by atoms with Crippen molar-refractivity contribution in [2.75, 3.05) is 20.3 Å². The van der Waals surface area contributed by atoms with E-state index >= 15 is 0 Å². The number of ether oxygens (including phenoxy) is 4. The van der Waals surface area contributed by atoms with Gasteiger partial charge in [-0.05, 0) is 37.5 Å². The van der Waals surface area contributed by atoms with Crippen LogP contribution in [0.2, 0.25) is 0 Å². The van der Waals surface area contributed by atoms with Crippen molar-refractivity contribution in [3.05, 3.63) is 35.4 Å². The Balaban J connectivity index is 1.73. The molecule has 2 unspecified atom stereocenters. The molecule has 0 saturated carbocycles. The molecule has 2 atom stereocenters. The van der Waals surface area contributed by atoms with Crippen LogP contribution in [0.4, 0.5) is 0 Å². The minimum Gasteiger partial charge on any atom is -0.465 e. The molecular formula is C17H22O6. The average molecular weight is 322 g/mol. The van der Waals surface area contributed by atoms with Crippen LogP contribution in [-0.4, -0.2) is 44.5 Å². The van der Waals surface area contributed by atoms with Gasteiger partial charge in [-0.2, -0.15) is 0 Å². The van der Waals surface area contributed by atoms with Gasteiger partial charge < -0.3 is 18.9 Å². The van der Waals surface area contributed by atoms with E-state index in [0.717, 1.165) is 25.0 Å². The topological polar surface area (TPSA) is 71.1 Å². The van der Waals surface area contributed by atoms with Crippen LogP contribution in [0.1, 0.15) is 35.7 Å². The summed E-state index contributed by atoms with van der Waals surface area (Å²) in [7, 11) is 1.33. The first kappa shape index (κ1) is 17.4. The van der Waals surface area contributed by atoms with Gasteiger partial charge in [-0.25, -0.2) is 9.59 Å². The predicted molar refractivity (Wildman–Crippen MR) is 82.0 cm³/mol. The molecule has 126 valence electrons. The second-order valence-electron chi connectivity index (χ2n) is 5.41. The van der Waals surface area contributed by atoms with Crippen molar-refractivity contribution >= 4 is 11.9 Å². The van der Waals surface area contributed by atoms with Crippen molar-refractivity contribution in [1.82, 2.24) is 0 Å². The smallest absolute Gasteiger partial charge is 0.337 e. The van der Waals surface area contributed by atoms with Crippen LogP contribution < -0.4 is 0 Å². The molecular weight excluding hydrogens is 300 g/mol. The second-order valence-corrected chi connectivity index (χ2v) is 5.41. The Morgan fingerprint density at radius 3 is 2.65 bits per heavy atom. The summed E-state index contributed by atoms with van der Waals surface area (Å²) in [6, 6.07) is 6.70. The van der Waals surface area contributed by atoms with Crippen molar-refractivity contribution in [3.8, 4) is 0 Å². The molecule has 1 aromatic rings. The highest BCUT2D eigenvalue weighted by Gasteiger charge is 2.20. The van der Waals surface area contributed by atoms with Gasteiger partial charge in [0.05, 0.1) is 25.4 Å². The number of esters is 2. The Bertz CT molecular complexity index is 518. The lowest BCUT2D eigenvalue weighted by molar-refractivity contribution is -0.159. The highest BCUT2D eigenvalue weighted by Crippen LogP contribution is 2.13. The Morgan fingerprint density at radius 1 is 1.30 bits per heavy atom. The summed E-state index contributed by atoms with van der Waals surface area (Å²) in [4.78, 5) is 23.2. The maximum Gasteiger partial charge on any atom is 0.337 e. The minimum atomic E-state index is -0.631. The number of methoxy groups -OCH3 is 1. The van der Waals surface area contributed by atoms with Gasteiger partial charge in [-0.1, -0.05) is 12.1 Å². The fourth-order valence-corrected chi connectivity index (χ4v) is 2.22. The zero-order valence-electron chi connectivity index (χ0n) is 13.4. The van der Waals surface area contributed by atoms with Gasteiger partial charge in [0.1, 0.15) is 6.61 Å². The molecule has 0 radical (unpaired) electrons. The van der Waals surface area contributed by atoms with Gasteiger partial charge >= 0.3 is 11.9 Å². The van der Waals surface area contributed by atoms with Gasteiger partial charge in [0.25, 0.3) is 0 Å². The predicted octanol–water partition coefficient (Wildman–Crippen LogP) is 2.10. The summed E-state index contributed by atoms with van der Waals surface area (Å²) in [5, 5.41) is 0. The van der Waals surface area contributed by atoms with Gasteiger partial charge in [0.2, 0.25) is 0 Å². The SMILES string of the molecule is COC(=O)c1ccc(COC(=O)C(C)OCC2CCCO2)cc1. The first-order valence-electron chi connectivity index (χ1n) is 7.67. The van der Waals surface area contributed by atoms with E-state index in [1.165, 1.54) is 7.11 Å². The second kappa shape index (κ2) is 8.64. The van der Waals surface area contributed by atoms with Gasteiger partial charge in [-0.3, -0.25) is 0 Å². The van der Waals surface area contributed by atoms with E-state index in [4.69, 9.17) is 14.2 Å². The van der Waals surface area contributed by atoms with E-state index in [0.29, 0.717) is 12.2 Å². The van der Waals surface area contributed by atoms with Crippen molar-refractivity contribution in [2.45, 2.75) is 38.6 Å². The maximum absolute atomic E-state index is 11.9. The van der Waals surface area contributed by atoms with Crippen LogP contribution in [-0.2, 0) is 30.3 Å². The van der Waals surface area contributed by atoms with E-state index in [-0.39, 0.29) is 12.7 Å². The third-order valence-corrected chi connectivity index (χ3v) is 3.64. The van der Waals surface area contributed by atoms with Crippen LogP contribution in [0, 0.1) is 0 Å². The van der Waals surface area contributed by atoms with Crippen LogP contribution in [0.25, 0.3) is 0 Å². The lowest BCUT2D eigenvalue weighted by Crippen LogP contribution is -2.27. The highest BCUT2D eigenvalue weighted by atomic mass is 16.6. The maximum atomic E-state index is 11.9. The fourth-order valence-electron chi connectivity index (χ4n) is 2.22. The van der Waals surface area contributed by atoms with Crippen molar-refractivity contribution < 1.29 is 28.5 Å². The van der Waals surface area contributed by atoms with E-state index in [1.54, 1.807) is 31.2 Å². The summed E-state index contributed by atoms with van der Waals surface area (Å²) in [6.45, 7) is 2.96. The lowest BCUT2D eigenvalue weighted by Gasteiger charge is -2.15. The number of benzene rings is 1. The molecule has 0 bridgehead atoms. The summed E-state index contributed by atoms with van der Waals surface area (Å²) in [5.74, 6) is -0.815. The van der Waals surface area contributed by atoms with E-state index < -0.39 is 18.0 Å². The molecule has 0 N–H and O–H groups in total. The van der Waals surface area contributed by atoms with Crippen LogP contribution in [0.3, 0.4) is 0 Å². The first-order valence-corrected chi connectivity index (χ1v) is 7.67. The molecule has 6 nitrogen and oxygen atoms in total. The third kappa shape index (κ3) is 5.33. The molecule has 1 fully saturated rings. The number of rotatable bonds is 7. The summed E-state index contributed by atoms with van der Waals surface area (Å²) in [5.41, 5.74) is 1.24. The number of hydrogen-bond donors (Lipinski definition) is 0. The normalized spacial score (nSPS) is 18.4. The largest absolute Gasteiger partial charge is 0.465 e. The first-order chi connectivity index (χ1) is 11.1. The molecule has 0 aliphatic carbocycles. The van der Waals surface area contributed by atoms with Crippen molar-refractivity contribution in [1.29, 1.82) is 0 Å². The van der Waals surface area contributed by atoms with E-state index in [2.05, 4.69) is 4.74 Å². The molecule has 0 aromatic heterocycles. The number of hydrogen-bond acceptors (Lipinski definition) is 6. The van der Waals surface area contributed by atoms with Crippen LogP contribution >= 0.6 is 0 Å². The third-order valence-electron chi connectivity index (χ3n) is 3.64. The molecule has 1 aliphatic heterocycles. The van der Waals surface area contributed by atoms with Crippen molar-refractivity contribution in [3.63, 3.8) is 0 Å². The molecule has 1 heterocycles. The zero-order valence-corrected chi connectivity index (χ0v) is 13.4. The number of carbonyl (C=O) groups excluding carboxylic acids is 2. The quantitative estimate of drug-likeness (QED) is 0.716. The van der Waals surface area contributed by atoms with Crippen molar-refractivity contribution in [2.24, 2.45) is 0 Å². The van der Waals surface area contributed by atoms with E-state index in [1.807, 2.05) is 0 Å². The molecule has 0 spiro atoms. The van der Waals surface area contributed by atoms with Gasteiger partial charge in [0.15, 0.2) is 6.10 Å².